The summed E-state index contributed by atoms with van der Waals surface area (Å²) < 4.78 is 2.29. The van der Waals surface area contributed by atoms with Gasteiger partial charge in [-0.15, -0.1) is 0 Å². The standard InChI is InChI=1S/C30H35N3/c1-4-6-21-33(22-25-19-17-24(5-2)18-20-25)23-28-29(26-13-9-7-10-14-26)31-30(32(28)3)27-15-11-8-12-16-27/h7-20H,4-6,21-23H2,1-3H3. The van der Waals surface area contributed by atoms with Gasteiger partial charge in [-0.25, -0.2) is 4.98 Å². The lowest BCUT2D eigenvalue weighted by molar-refractivity contribution is 0.247. The lowest BCUT2D eigenvalue weighted by Gasteiger charge is -2.23. The summed E-state index contributed by atoms with van der Waals surface area (Å²) in [5, 5.41) is 0. The van der Waals surface area contributed by atoms with Crippen molar-refractivity contribution in [2.75, 3.05) is 6.54 Å². The van der Waals surface area contributed by atoms with Gasteiger partial charge >= 0.3 is 0 Å². The fourth-order valence-electron chi connectivity index (χ4n) is 4.33. The summed E-state index contributed by atoms with van der Waals surface area (Å²) in [6, 6.07) is 30.2. The normalized spacial score (nSPS) is 11.3. The van der Waals surface area contributed by atoms with E-state index in [2.05, 4.69) is 115 Å². The highest BCUT2D eigenvalue weighted by molar-refractivity contribution is 5.68. The number of benzene rings is 3. The van der Waals surface area contributed by atoms with Crippen LogP contribution in [0.1, 0.15) is 43.5 Å². The average molecular weight is 438 g/mol. The first kappa shape index (κ1) is 23.0. The Labute approximate surface area is 198 Å². The van der Waals surface area contributed by atoms with Crippen molar-refractivity contribution in [1.82, 2.24) is 14.5 Å². The number of hydrogen-bond donors (Lipinski definition) is 0. The molecule has 4 rings (SSSR count). The summed E-state index contributed by atoms with van der Waals surface area (Å²) in [7, 11) is 2.16. The van der Waals surface area contributed by atoms with Crippen LogP contribution in [0.5, 0.6) is 0 Å². The van der Waals surface area contributed by atoms with Gasteiger partial charge in [0.25, 0.3) is 0 Å². The largest absolute Gasteiger partial charge is 0.329 e. The van der Waals surface area contributed by atoms with Crippen LogP contribution in [-0.2, 0) is 26.6 Å². The molecule has 3 nitrogen and oxygen atoms in total. The van der Waals surface area contributed by atoms with Crippen LogP contribution in [0.15, 0.2) is 84.9 Å². The van der Waals surface area contributed by atoms with Crippen LogP contribution >= 0.6 is 0 Å². The van der Waals surface area contributed by atoms with E-state index >= 15 is 0 Å². The van der Waals surface area contributed by atoms with Gasteiger partial charge in [-0.2, -0.15) is 0 Å². The molecule has 0 atom stereocenters. The third-order valence-corrected chi connectivity index (χ3v) is 6.33. The molecule has 0 aliphatic heterocycles. The second-order valence-corrected chi connectivity index (χ2v) is 8.76. The van der Waals surface area contributed by atoms with Gasteiger partial charge in [0.05, 0.1) is 11.4 Å². The van der Waals surface area contributed by atoms with Crippen molar-refractivity contribution in [2.45, 2.75) is 46.2 Å². The van der Waals surface area contributed by atoms with Crippen LogP contribution in [0.4, 0.5) is 0 Å². The van der Waals surface area contributed by atoms with E-state index in [0.717, 1.165) is 43.1 Å². The number of nitrogens with zero attached hydrogens (tertiary/aromatic N) is 3. The summed E-state index contributed by atoms with van der Waals surface area (Å²) in [6.07, 6.45) is 3.46. The maximum absolute atomic E-state index is 5.15. The molecule has 0 unspecified atom stereocenters. The number of hydrogen-bond acceptors (Lipinski definition) is 2. The van der Waals surface area contributed by atoms with E-state index in [1.165, 1.54) is 35.2 Å². The molecule has 0 saturated heterocycles. The minimum Gasteiger partial charge on any atom is -0.329 e. The topological polar surface area (TPSA) is 21.1 Å². The molecule has 1 heterocycles. The zero-order valence-corrected chi connectivity index (χ0v) is 20.2. The van der Waals surface area contributed by atoms with Gasteiger partial charge in [-0.3, -0.25) is 4.90 Å². The summed E-state index contributed by atoms with van der Waals surface area (Å²) in [5.41, 5.74) is 7.44. The molecule has 3 aromatic carbocycles. The Morgan fingerprint density at radius 3 is 1.94 bits per heavy atom. The van der Waals surface area contributed by atoms with Gasteiger partial charge < -0.3 is 4.57 Å². The van der Waals surface area contributed by atoms with Gasteiger partial charge in [0.15, 0.2) is 0 Å². The van der Waals surface area contributed by atoms with E-state index in [-0.39, 0.29) is 0 Å². The molecule has 0 bridgehead atoms. The molecule has 0 aliphatic rings. The molecular formula is C30H35N3. The molecule has 3 heteroatoms. The molecule has 0 radical (unpaired) electrons. The number of aryl methyl sites for hydroxylation is 1. The van der Waals surface area contributed by atoms with Crippen LogP contribution < -0.4 is 0 Å². The fourth-order valence-corrected chi connectivity index (χ4v) is 4.33. The first-order chi connectivity index (χ1) is 16.2. The van der Waals surface area contributed by atoms with Crippen molar-refractivity contribution >= 4 is 0 Å². The summed E-state index contributed by atoms with van der Waals surface area (Å²) in [5.74, 6) is 1.02. The zero-order valence-electron chi connectivity index (χ0n) is 20.2. The Morgan fingerprint density at radius 1 is 0.727 bits per heavy atom. The molecule has 0 saturated carbocycles. The highest BCUT2D eigenvalue weighted by Gasteiger charge is 2.20. The van der Waals surface area contributed by atoms with Gasteiger partial charge in [0.1, 0.15) is 5.82 Å². The molecule has 0 amide bonds. The van der Waals surface area contributed by atoms with Crippen LogP contribution in [-0.4, -0.2) is 21.0 Å². The Hall–Kier alpha value is -3.17. The number of imidazole rings is 1. The van der Waals surface area contributed by atoms with Crippen LogP contribution in [0, 0.1) is 0 Å². The highest BCUT2D eigenvalue weighted by Crippen LogP contribution is 2.30. The summed E-state index contributed by atoms with van der Waals surface area (Å²) in [6.45, 7) is 7.37. The third-order valence-electron chi connectivity index (χ3n) is 6.33. The SMILES string of the molecule is CCCCN(Cc1ccc(CC)cc1)Cc1c(-c2ccccc2)nc(-c2ccccc2)n1C. The molecule has 0 N–H and O–H groups in total. The van der Waals surface area contributed by atoms with Gasteiger partial charge in [0.2, 0.25) is 0 Å². The predicted molar refractivity (Wildman–Crippen MR) is 139 cm³/mol. The average Bonchev–Trinajstić information content (AvgIpc) is 3.20. The van der Waals surface area contributed by atoms with Crippen molar-refractivity contribution in [3.63, 3.8) is 0 Å². The van der Waals surface area contributed by atoms with E-state index < -0.39 is 0 Å². The molecule has 170 valence electrons. The first-order valence-electron chi connectivity index (χ1n) is 12.2. The van der Waals surface area contributed by atoms with Crippen LogP contribution in [0.25, 0.3) is 22.6 Å². The van der Waals surface area contributed by atoms with Gasteiger partial charge in [-0.1, -0.05) is 105 Å². The first-order valence-corrected chi connectivity index (χ1v) is 12.2. The Balaban J connectivity index is 1.70. The van der Waals surface area contributed by atoms with E-state index in [4.69, 9.17) is 4.98 Å². The van der Waals surface area contributed by atoms with E-state index in [1.54, 1.807) is 0 Å². The molecule has 0 spiro atoms. The molecule has 33 heavy (non-hydrogen) atoms. The second kappa shape index (κ2) is 11.1. The minimum atomic E-state index is 0.871. The predicted octanol–water partition coefficient (Wildman–Crippen LogP) is 7.12. The van der Waals surface area contributed by atoms with Crippen molar-refractivity contribution in [3.8, 4) is 22.6 Å². The third kappa shape index (κ3) is 5.61. The van der Waals surface area contributed by atoms with Crippen molar-refractivity contribution < 1.29 is 0 Å². The number of aromatic nitrogens is 2. The van der Waals surface area contributed by atoms with Crippen molar-refractivity contribution in [3.05, 3.63) is 102 Å². The lowest BCUT2D eigenvalue weighted by atomic mass is 10.1. The van der Waals surface area contributed by atoms with Crippen molar-refractivity contribution in [1.29, 1.82) is 0 Å². The van der Waals surface area contributed by atoms with E-state index in [0.29, 0.717) is 0 Å². The van der Waals surface area contributed by atoms with E-state index in [9.17, 15) is 0 Å². The van der Waals surface area contributed by atoms with Crippen LogP contribution in [0.2, 0.25) is 0 Å². The smallest absolute Gasteiger partial charge is 0.140 e. The molecule has 1 aromatic heterocycles. The lowest BCUT2D eigenvalue weighted by Crippen LogP contribution is -2.25. The Bertz CT molecular complexity index is 1130. The Morgan fingerprint density at radius 2 is 1.33 bits per heavy atom. The summed E-state index contributed by atoms with van der Waals surface area (Å²) >= 11 is 0. The van der Waals surface area contributed by atoms with E-state index in [1.807, 2.05) is 0 Å². The zero-order chi connectivity index (χ0) is 23.0. The molecule has 4 aromatic rings. The Kier molecular flexibility index (Phi) is 7.74. The second-order valence-electron chi connectivity index (χ2n) is 8.76. The minimum absolute atomic E-state index is 0.871. The fraction of sp³-hybridized carbons (Fsp3) is 0.300. The van der Waals surface area contributed by atoms with Gasteiger partial charge in [0, 0.05) is 31.3 Å². The van der Waals surface area contributed by atoms with Crippen molar-refractivity contribution in [2.24, 2.45) is 7.05 Å². The molecular weight excluding hydrogens is 402 g/mol. The molecule has 0 aliphatic carbocycles. The van der Waals surface area contributed by atoms with Gasteiger partial charge in [-0.05, 0) is 30.5 Å². The number of rotatable bonds is 10. The maximum atomic E-state index is 5.15. The molecule has 0 fully saturated rings. The van der Waals surface area contributed by atoms with Crippen LogP contribution in [0.3, 0.4) is 0 Å². The maximum Gasteiger partial charge on any atom is 0.140 e. The number of unbranched alkanes of at least 4 members (excludes halogenated alkanes) is 1. The highest BCUT2D eigenvalue weighted by atomic mass is 15.2. The quantitative estimate of drug-likeness (QED) is 0.263. The summed E-state index contributed by atoms with van der Waals surface area (Å²) in [4.78, 5) is 7.72. The monoisotopic (exact) mass is 437 g/mol.